The Morgan fingerprint density at radius 1 is 1.33 bits per heavy atom. The first-order valence-corrected chi connectivity index (χ1v) is 6.82. The molecule has 0 fully saturated rings. The molecule has 0 aliphatic carbocycles. The summed E-state index contributed by atoms with van der Waals surface area (Å²) in [4.78, 5) is 13.6. The third-order valence-electron chi connectivity index (χ3n) is 2.67. The van der Waals surface area contributed by atoms with Gasteiger partial charge in [0.2, 0.25) is 0 Å². The van der Waals surface area contributed by atoms with E-state index < -0.39 is 0 Å². The van der Waals surface area contributed by atoms with Crippen LogP contribution in [-0.4, -0.2) is 12.8 Å². The van der Waals surface area contributed by atoms with Gasteiger partial charge in [-0.2, -0.15) is 0 Å². The molecule has 0 bridgehead atoms. The van der Waals surface area contributed by atoms with E-state index in [9.17, 15) is 4.79 Å². The lowest BCUT2D eigenvalue weighted by molar-refractivity contribution is 0.101. The van der Waals surface area contributed by atoms with Crippen LogP contribution in [0.1, 0.15) is 22.8 Å². The van der Waals surface area contributed by atoms with Gasteiger partial charge in [0.1, 0.15) is 5.00 Å². The molecule has 0 aliphatic rings. The van der Waals surface area contributed by atoms with Crippen LogP contribution >= 0.6 is 22.9 Å². The van der Waals surface area contributed by atoms with Gasteiger partial charge in [0, 0.05) is 13.6 Å². The average Bonchev–Trinajstić information content (AvgIpc) is 2.73. The first kappa shape index (κ1) is 13.1. The second-order valence-electron chi connectivity index (χ2n) is 4.17. The smallest absolute Gasteiger partial charge is 0.162 e. The molecule has 0 amide bonds. The molecule has 1 heterocycles. The molecule has 0 saturated heterocycles. The molecule has 0 unspecified atom stereocenters. The van der Waals surface area contributed by atoms with Crippen LogP contribution in [0, 0.1) is 0 Å². The molecule has 0 spiro atoms. The molecule has 2 rings (SSSR count). The minimum atomic E-state index is 0.0491. The predicted molar refractivity (Wildman–Crippen MR) is 77.9 cm³/mol. The third-order valence-corrected chi connectivity index (χ3v) is 4.05. The van der Waals surface area contributed by atoms with Gasteiger partial charge in [-0.25, -0.2) is 0 Å². The van der Waals surface area contributed by atoms with Gasteiger partial charge in [0.05, 0.1) is 9.90 Å². The molecular weight excluding hydrogens is 266 g/mol. The van der Waals surface area contributed by atoms with Crippen molar-refractivity contribution in [2.24, 2.45) is 0 Å². The van der Waals surface area contributed by atoms with E-state index in [-0.39, 0.29) is 5.78 Å². The van der Waals surface area contributed by atoms with Crippen molar-refractivity contribution in [1.29, 1.82) is 0 Å². The topological polar surface area (TPSA) is 20.3 Å². The van der Waals surface area contributed by atoms with Gasteiger partial charge in [0.15, 0.2) is 5.78 Å². The van der Waals surface area contributed by atoms with Crippen LogP contribution in [0.4, 0.5) is 5.00 Å². The van der Waals surface area contributed by atoms with E-state index >= 15 is 0 Å². The Morgan fingerprint density at radius 3 is 2.61 bits per heavy atom. The molecule has 18 heavy (non-hydrogen) atoms. The second-order valence-corrected chi connectivity index (χ2v) is 5.83. The van der Waals surface area contributed by atoms with Crippen molar-refractivity contribution in [1.82, 2.24) is 0 Å². The van der Waals surface area contributed by atoms with Crippen molar-refractivity contribution in [2.45, 2.75) is 13.5 Å². The van der Waals surface area contributed by atoms with Crippen LogP contribution in [0.15, 0.2) is 36.4 Å². The number of halogens is 1. The molecule has 1 aromatic heterocycles. The molecule has 2 aromatic rings. The maximum Gasteiger partial charge on any atom is 0.162 e. The lowest BCUT2D eigenvalue weighted by Crippen LogP contribution is -2.17. The highest BCUT2D eigenvalue weighted by atomic mass is 35.5. The lowest BCUT2D eigenvalue weighted by Gasteiger charge is -2.18. The minimum Gasteiger partial charge on any atom is -0.362 e. The van der Waals surface area contributed by atoms with E-state index in [4.69, 9.17) is 11.6 Å². The molecule has 4 heteroatoms. The van der Waals surface area contributed by atoms with Gasteiger partial charge in [-0.3, -0.25) is 4.79 Å². The van der Waals surface area contributed by atoms with Gasteiger partial charge in [-0.15, -0.1) is 11.3 Å². The van der Waals surface area contributed by atoms with E-state index in [0.29, 0.717) is 9.90 Å². The number of thiophene rings is 1. The molecule has 2 nitrogen and oxygen atoms in total. The monoisotopic (exact) mass is 279 g/mol. The molecule has 0 aliphatic heterocycles. The Kier molecular flexibility index (Phi) is 4.04. The first-order valence-electron chi connectivity index (χ1n) is 5.63. The summed E-state index contributed by atoms with van der Waals surface area (Å²) in [7, 11) is 1.97. The summed E-state index contributed by atoms with van der Waals surface area (Å²) in [6.45, 7) is 2.33. The van der Waals surface area contributed by atoms with Gasteiger partial charge >= 0.3 is 0 Å². The van der Waals surface area contributed by atoms with E-state index in [1.165, 1.54) is 16.9 Å². The summed E-state index contributed by atoms with van der Waals surface area (Å²) in [5.41, 5.74) is 1.91. The number of hydrogen-bond donors (Lipinski definition) is 0. The lowest BCUT2D eigenvalue weighted by atomic mass is 10.2. The van der Waals surface area contributed by atoms with Crippen molar-refractivity contribution in [3.63, 3.8) is 0 Å². The number of nitrogens with zero attached hydrogens (tertiary/aromatic N) is 1. The zero-order chi connectivity index (χ0) is 13.1. The zero-order valence-electron chi connectivity index (χ0n) is 10.3. The summed E-state index contributed by atoms with van der Waals surface area (Å²) in [6.07, 6.45) is 0. The Labute approximate surface area is 116 Å². The minimum absolute atomic E-state index is 0.0491. The van der Waals surface area contributed by atoms with Gasteiger partial charge in [0.25, 0.3) is 0 Å². The molecule has 0 N–H and O–H groups in total. The standard InChI is InChI=1S/C14H14ClNOS/c1-10(17)12-8-13(15)18-14(12)16(2)9-11-6-4-3-5-7-11/h3-8H,9H2,1-2H3. The van der Waals surface area contributed by atoms with Crippen LogP contribution in [0.2, 0.25) is 4.34 Å². The van der Waals surface area contributed by atoms with Crippen LogP contribution < -0.4 is 4.90 Å². The number of rotatable bonds is 4. The van der Waals surface area contributed by atoms with Crippen LogP contribution in [0.3, 0.4) is 0 Å². The normalized spacial score (nSPS) is 10.4. The van der Waals surface area contributed by atoms with Gasteiger partial charge < -0.3 is 4.90 Å². The summed E-state index contributed by atoms with van der Waals surface area (Å²) in [5, 5.41) is 0.927. The fourth-order valence-electron chi connectivity index (χ4n) is 1.82. The van der Waals surface area contributed by atoms with Crippen molar-refractivity contribution in [3.05, 3.63) is 51.9 Å². The number of anilines is 1. The van der Waals surface area contributed by atoms with E-state index in [0.717, 1.165) is 11.5 Å². The first-order chi connectivity index (χ1) is 8.58. The maximum atomic E-state index is 11.6. The SMILES string of the molecule is CC(=O)c1cc(Cl)sc1N(C)Cc1ccccc1. The zero-order valence-corrected chi connectivity index (χ0v) is 11.9. The van der Waals surface area contributed by atoms with E-state index in [1.807, 2.05) is 25.2 Å². The summed E-state index contributed by atoms with van der Waals surface area (Å²) in [5.74, 6) is 0.0491. The predicted octanol–water partition coefficient (Wildman–Crippen LogP) is 4.24. The fraction of sp³-hybridized carbons (Fsp3) is 0.214. The fourth-order valence-corrected chi connectivity index (χ4v) is 3.04. The molecular formula is C14H14ClNOS. The van der Waals surface area contributed by atoms with Crippen LogP contribution in [0.5, 0.6) is 0 Å². The molecule has 0 radical (unpaired) electrons. The Morgan fingerprint density at radius 2 is 2.00 bits per heavy atom. The second kappa shape index (κ2) is 5.55. The number of benzene rings is 1. The van der Waals surface area contributed by atoms with Gasteiger partial charge in [-0.05, 0) is 18.6 Å². The number of ketones is 1. The third kappa shape index (κ3) is 2.92. The largest absolute Gasteiger partial charge is 0.362 e. The molecule has 0 atom stereocenters. The maximum absolute atomic E-state index is 11.6. The summed E-state index contributed by atoms with van der Waals surface area (Å²) >= 11 is 7.44. The van der Waals surface area contributed by atoms with Crippen molar-refractivity contribution < 1.29 is 4.79 Å². The van der Waals surface area contributed by atoms with Crippen molar-refractivity contribution >= 4 is 33.7 Å². The average molecular weight is 280 g/mol. The quantitative estimate of drug-likeness (QED) is 0.780. The summed E-state index contributed by atoms with van der Waals surface area (Å²) < 4.78 is 0.648. The summed E-state index contributed by atoms with van der Waals surface area (Å²) in [6, 6.07) is 11.9. The number of hydrogen-bond acceptors (Lipinski definition) is 3. The van der Waals surface area contributed by atoms with Crippen LogP contribution in [0.25, 0.3) is 0 Å². The van der Waals surface area contributed by atoms with Crippen molar-refractivity contribution in [2.75, 3.05) is 11.9 Å². The van der Waals surface area contributed by atoms with Crippen molar-refractivity contribution in [3.8, 4) is 0 Å². The number of Topliss-reactive ketones (excluding diaryl/α,β-unsaturated/α-hetero) is 1. The number of carbonyl (C=O) groups is 1. The van der Waals surface area contributed by atoms with Gasteiger partial charge in [-0.1, -0.05) is 41.9 Å². The molecule has 1 aromatic carbocycles. The highest BCUT2D eigenvalue weighted by molar-refractivity contribution is 7.20. The molecule has 94 valence electrons. The Bertz CT molecular complexity index is 550. The molecule has 0 saturated carbocycles. The van der Waals surface area contributed by atoms with E-state index in [2.05, 4.69) is 17.0 Å². The Hall–Kier alpha value is -1.32. The highest BCUT2D eigenvalue weighted by Gasteiger charge is 2.15. The van der Waals surface area contributed by atoms with Crippen LogP contribution in [-0.2, 0) is 6.54 Å². The van der Waals surface area contributed by atoms with E-state index in [1.54, 1.807) is 13.0 Å². The number of carbonyl (C=O) groups excluding carboxylic acids is 1. The highest BCUT2D eigenvalue weighted by Crippen LogP contribution is 2.35. The Balaban J connectivity index is 2.23.